The van der Waals surface area contributed by atoms with Gasteiger partial charge in [0.2, 0.25) is 5.91 Å². The van der Waals surface area contributed by atoms with Gasteiger partial charge in [0.25, 0.3) is 0 Å². The molecule has 5 nitrogen and oxygen atoms in total. The number of benzene rings is 2. The van der Waals surface area contributed by atoms with Gasteiger partial charge in [0, 0.05) is 32.6 Å². The number of nitrogens with zero attached hydrogens (tertiary/aromatic N) is 1. The second kappa shape index (κ2) is 10.1. The van der Waals surface area contributed by atoms with Crippen molar-refractivity contribution in [1.29, 1.82) is 0 Å². The van der Waals surface area contributed by atoms with Gasteiger partial charge in [0.05, 0.1) is 20.3 Å². The Balaban J connectivity index is 1.46. The minimum absolute atomic E-state index is 0.0551. The molecule has 1 fully saturated rings. The highest BCUT2D eigenvalue weighted by molar-refractivity contribution is 5.76. The number of carbonyl (C=O) groups excluding carboxylic acids is 1. The number of rotatable bonds is 8. The molecule has 1 N–H and O–H groups in total. The SMILES string of the molecule is COc1ccccc1CCC(=O)NCc1cccc(CN2CCOCC2)c1. The van der Waals surface area contributed by atoms with E-state index in [1.54, 1.807) is 7.11 Å². The van der Waals surface area contributed by atoms with Crippen molar-refractivity contribution in [3.05, 3.63) is 65.2 Å². The zero-order chi connectivity index (χ0) is 18.9. The molecule has 1 saturated heterocycles. The van der Waals surface area contributed by atoms with Crippen molar-refractivity contribution < 1.29 is 14.3 Å². The summed E-state index contributed by atoms with van der Waals surface area (Å²) < 4.78 is 10.7. The van der Waals surface area contributed by atoms with Gasteiger partial charge in [-0.2, -0.15) is 0 Å². The third kappa shape index (κ3) is 6.08. The van der Waals surface area contributed by atoms with Crippen LogP contribution in [-0.2, 0) is 29.0 Å². The highest BCUT2D eigenvalue weighted by atomic mass is 16.5. The lowest BCUT2D eigenvalue weighted by Gasteiger charge is -2.26. The van der Waals surface area contributed by atoms with Crippen LogP contribution in [0.2, 0.25) is 0 Å². The number of carbonyl (C=O) groups is 1. The Bertz CT molecular complexity index is 742. The molecule has 5 heteroatoms. The van der Waals surface area contributed by atoms with Gasteiger partial charge in [0.15, 0.2) is 0 Å². The maximum Gasteiger partial charge on any atom is 0.220 e. The van der Waals surface area contributed by atoms with Crippen molar-refractivity contribution in [3.63, 3.8) is 0 Å². The van der Waals surface area contributed by atoms with E-state index in [-0.39, 0.29) is 5.91 Å². The van der Waals surface area contributed by atoms with E-state index in [2.05, 4.69) is 34.5 Å². The topological polar surface area (TPSA) is 50.8 Å². The summed E-state index contributed by atoms with van der Waals surface area (Å²) in [7, 11) is 1.66. The quantitative estimate of drug-likeness (QED) is 0.778. The van der Waals surface area contributed by atoms with Crippen LogP contribution in [0.15, 0.2) is 48.5 Å². The van der Waals surface area contributed by atoms with Crippen molar-refractivity contribution in [3.8, 4) is 5.75 Å². The first-order chi connectivity index (χ1) is 13.2. The van der Waals surface area contributed by atoms with Crippen molar-refractivity contribution in [2.75, 3.05) is 33.4 Å². The number of para-hydroxylation sites is 1. The first kappa shape index (κ1) is 19.4. The Morgan fingerprint density at radius 2 is 1.89 bits per heavy atom. The Hall–Kier alpha value is -2.37. The lowest BCUT2D eigenvalue weighted by Crippen LogP contribution is -2.35. The molecule has 2 aromatic rings. The fourth-order valence-electron chi connectivity index (χ4n) is 3.30. The molecule has 1 heterocycles. The molecule has 3 rings (SSSR count). The Morgan fingerprint density at radius 1 is 1.11 bits per heavy atom. The minimum atomic E-state index is 0.0551. The molecule has 0 radical (unpaired) electrons. The van der Waals surface area contributed by atoms with E-state index >= 15 is 0 Å². The molecule has 0 unspecified atom stereocenters. The fraction of sp³-hybridized carbons (Fsp3) is 0.409. The maximum atomic E-state index is 12.2. The standard InChI is InChI=1S/C22H28N2O3/c1-26-21-8-3-2-7-20(21)9-10-22(25)23-16-18-5-4-6-19(15-18)17-24-11-13-27-14-12-24/h2-8,15H,9-14,16-17H2,1H3,(H,23,25). The van der Waals surface area contributed by atoms with E-state index in [0.717, 1.165) is 49.7 Å². The van der Waals surface area contributed by atoms with E-state index in [4.69, 9.17) is 9.47 Å². The summed E-state index contributed by atoms with van der Waals surface area (Å²) in [6, 6.07) is 16.3. The van der Waals surface area contributed by atoms with Crippen molar-refractivity contribution in [2.45, 2.75) is 25.9 Å². The van der Waals surface area contributed by atoms with Crippen molar-refractivity contribution >= 4 is 5.91 Å². The first-order valence-electron chi connectivity index (χ1n) is 9.51. The van der Waals surface area contributed by atoms with Gasteiger partial charge < -0.3 is 14.8 Å². The minimum Gasteiger partial charge on any atom is -0.496 e. The third-order valence-corrected chi connectivity index (χ3v) is 4.80. The van der Waals surface area contributed by atoms with Crippen LogP contribution in [-0.4, -0.2) is 44.2 Å². The number of morpholine rings is 1. The van der Waals surface area contributed by atoms with Crippen LogP contribution in [0.5, 0.6) is 5.75 Å². The summed E-state index contributed by atoms with van der Waals surface area (Å²) in [6.07, 6.45) is 1.13. The Labute approximate surface area is 161 Å². The molecule has 27 heavy (non-hydrogen) atoms. The molecular formula is C22H28N2O3. The maximum absolute atomic E-state index is 12.2. The fourth-order valence-corrected chi connectivity index (χ4v) is 3.30. The second-order valence-electron chi connectivity index (χ2n) is 6.80. The average molecular weight is 368 g/mol. The van der Waals surface area contributed by atoms with Gasteiger partial charge in [-0.05, 0) is 29.2 Å². The van der Waals surface area contributed by atoms with Crippen LogP contribution in [0.4, 0.5) is 0 Å². The van der Waals surface area contributed by atoms with Gasteiger partial charge in [0.1, 0.15) is 5.75 Å². The van der Waals surface area contributed by atoms with Gasteiger partial charge in [-0.15, -0.1) is 0 Å². The number of methoxy groups -OCH3 is 1. The van der Waals surface area contributed by atoms with Gasteiger partial charge in [-0.25, -0.2) is 0 Å². The number of hydrogen-bond donors (Lipinski definition) is 1. The monoisotopic (exact) mass is 368 g/mol. The number of nitrogens with one attached hydrogen (secondary N) is 1. The molecule has 0 aliphatic carbocycles. The van der Waals surface area contributed by atoms with Crippen LogP contribution in [0.25, 0.3) is 0 Å². The Morgan fingerprint density at radius 3 is 2.70 bits per heavy atom. The van der Waals surface area contributed by atoms with E-state index in [1.807, 2.05) is 24.3 Å². The van der Waals surface area contributed by atoms with Crippen LogP contribution < -0.4 is 10.1 Å². The number of hydrogen-bond acceptors (Lipinski definition) is 4. The molecule has 0 atom stereocenters. The van der Waals surface area contributed by atoms with E-state index < -0.39 is 0 Å². The van der Waals surface area contributed by atoms with Crippen LogP contribution in [0.3, 0.4) is 0 Å². The van der Waals surface area contributed by atoms with E-state index in [1.165, 1.54) is 5.56 Å². The van der Waals surface area contributed by atoms with Gasteiger partial charge >= 0.3 is 0 Å². The molecule has 1 amide bonds. The lowest BCUT2D eigenvalue weighted by molar-refractivity contribution is -0.121. The summed E-state index contributed by atoms with van der Waals surface area (Å²) in [5.74, 6) is 0.889. The van der Waals surface area contributed by atoms with Crippen molar-refractivity contribution in [1.82, 2.24) is 10.2 Å². The highest BCUT2D eigenvalue weighted by Crippen LogP contribution is 2.18. The summed E-state index contributed by atoms with van der Waals surface area (Å²) >= 11 is 0. The van der Waals surface area contributed by atoms with Crippen LogP contribution in [0, 0.1) is 0 Å². The number of amides is 1. The van der Waals surface area contributed by atoms with Crippen LogP contribution >= 0.6 is 0 Å². The molecule has 0 spiro atoms. The molecule has 144 valence electrons. The summed E-state index contributed by atoms with van der Waals surface area (Å²) in [6.45, 7) is 5.05. The lowest BCUT2D eigenvalue weighted by atomic mass is 10.1. The molecule has 1 aliphatic rings. The zero-order valence-corrected chi connectivity index (χ0v) is 15.9. The highest BCUT2D eigenvalue weighted by Gasteiger charge is 2.11. The predicted octanol–water partition coefficient (Wildman–Crippen LogP) is 2.78. The van der Waals surface area contributed by atoms with Gasteiger partial charge in [-0.3, -0.25) is 9.69 Å². The third-order valence-electron chi connectivity index (χ3n) is 4.80. The molecule has 0 saturated carbocycles. The molecule has 0 aromatic heterocycles. The molecule has 2 aromatic carbocycles. The second-order valence-corrected chi connectivity index (χ2v) is 6.80. The molecular weight excluding hydrogens is 340 g/mol. The number of ether oxygens (including phenoxy) is 2. The predicted molar refractivity (Wildman–Crippen MR) is 106 cm³/mol. The largest absolute Gasteiger partial charge is 0.496 e. The van der Waals surface area contributed by atoms with E-state index in [9.17, 15) is 4.79 Å². The first-order valence-corrected chi connectivity index (χ1v) is 9.51. The summed E-state index contributed by atoms with van der Waals surface area (Å²) in [4.78, 5) is 14.6. The Kier molecular flexibility index (Phi) is 7.25. The van der Waals surface area contributed by atoms with E-state index in [0.29, 0.717) is 19.4 Å². The molecule has 0 bridgehead atoms. The normalized spacial score (nSPS) is 14.7. The van der Waals surface area contributed by atoms with Crippen LogP contribution in [0.1, 0.15) is 23.1 Å². The molecule has 1 aliphatic heterocycles. The van der Waals surface area contributed by atoms with Gasteiger partial charge in [-0.1, -0.05) is 42.5 Å². The smallest absolute Gasteiger partial charge is 0.220 e. The number of aryl methyl sites for hydroxylation is 1. The van der Waals surface area contributed by atoms with Crippen molar-refractivity contribution in [2.24, 2.45) is 0 Å². The summed E-state index contributed by atoms with van der Waals surface area (Å²) in [5, 5.41) is 3.02. The summed E-state index contributed by atoms with van der Waals surface area (Å²) in [5.41, 5.74) is 3.46. The average Bonchev–Trinajstić information content (AvgIpc) is 2.72. The zero-order valence-electron chi connectivity index (χ0n) is 15.9.